The van der Waals surface area contributed by atoms with E-state index in [1.807, 2.05) is 12.1 Å². The number of benzene rings is 1. The van der Waals surface area contributed by atoms with Crippen LogP contribution in [-0.2, 0) is 16.6 Å². The minimum Gasteiger partial charge on any atom is -0.508 e. The van der Waals surface area contributed by atoms with Crippen LogP contribution in [0.4, 0.5) is 0 Å². The molecule has 1 saturated heterocycles. The molecule has 1 heterocycles. The Morgan fingerprint density at radius 3 is 2.70 bits per heavy atom. The van der Waals surface area contributed by atoms with E-state index >= 15 is 0 Å². The van der Waals surface area contributed by atoms with Crippen LogP contribution in [0.25, 0.3) is 0 Å². The Morgan fingerprint density at radius 1 is 1.43 bits per heavy atom. The van der Waals surface area contributed by atoms with Gasteiger partial charge in [0.2, 0.25) is 0 Å². The minimum absolute atomic E-state index is 0.266. The fourth-order valence-corrected chi connectivity index (χ4v) is 3.77. The molecule has 0 radical (unpaired) electrons. The second kappa shape index (κ2) is 6.89. The van der Waals surface area contributed by atoms with Gasteiger partial charge in [-0.15, -0.1) is 0 Å². The molecule has 0 aromatic heterocycles. The Morgan fingerprint density at radius 2 is 2.09 bits per heavy atom. The first-order valence-corrected chi connectivity index (χ1v) is 8.13. The van der Waals surface area contributed by atoms with E-state index in [4.69, 9.17) is 10.2 Å². The van der Waals surface area contributed by atoms with Crippen LogP contribution in [-0.4, -0.2) is 52.4 Å². The molecule has 1 aliphatic heterocycles. The lowest BCUT2D eigenvalue weighted by Gasteiger charge is -2.38. The molecule has 128 valence electrons. The Bertz CT molecular complexity index is 572. The number of phenols is 1. The van der Waals surface area contributed by atoms with Crippen molar-refractivity contribution in [2.24, 2.45) is 5.92 Å². The molecule has 1 aromatic rings. The summed E-state index contributed by atoms with van der Waals surface area (Å²) in [6, 6.07) is 5.96. The topological polar surface area (TPSA) is 81.0 Å². The number of rotatable bonds is 1. The van der Waals surface area contributed by atoms with E-state index in [2.05, 4.69) is 24.9 Å². The molecule has 3 rings (SSSR count). The molecule has 3 N–H and O–H groups in total. The Balaban J connectivity index is 0.000000277. The summed E-state index contributed by atoms with van der Waals surface area (Å²) in [6.07, 6.45) is 2.42. The highest BCUT2D eigenvalue weighted by Gasteiger charge is 2.39. The average molecular weight is 321 g/mol. The van der Waals surface area contributed by atoms with Gasteiger partial charge in [0.1, 0.15) is 11.9 Å². The van der Waals surface area contributed by atoms with Crippen molar-refractivity contribution in [1.29, 1.82) is 0 Å². The number of fused-ring (bicyclic) bond motifs is 4. The van der Waals surface area contributed by atoms with Crippen molar-refractivity contribution < 1.29 is 20.1 Å². The maximum atomic E-state index is 9.71. The zero-order valence-electron chi connectivity index (χ0n) is 14.1. The highest BCUT2D eigenvalue weighted by atomic mass is 16.4. The summed E-state index contributed by atoms with van der Waals surface area (Å²) >= 11 is 0. The minimum atomic E-state index is -1.23. The van der Waals surface area contributed by atoms with Gasteiger partial charge >= 0.3 is 5.97 Å². The van der Waals surface area contributed by atoms with Crippen LogP contribution < -0.4 is 0 Å². The predicted octanol–water partition coefficient (Wildman–Crippen LogP) is 2.00. The SMILES string of the molecule is CC(O)C(=O)O.CN1CC[C@]2(C)CC(Cc3ccc(O)cc32)C1. The Hall–Kier alpha value is -1.59. The Kier molecular flexibility index (Phi) is 5.32. The zero-order valence-corrected chi connectivity index (χ0v) is 14.1. The number of carboxylic acids is 1. The molecule has 1 fully saturated rings. The number of hydrogen-bond donors (Lipinski definition) is 3. The van der Waals surface area contributed by atoms with Crippen molar-refractivity contribution in [2.75, 3.05) is 20.1 Å². The van der Waals surface area contributed by atoms with E-state index in [1.54, 1.807) is 0 Å². The van der Waals surface area contributed by atoms with Crippen molar-refractivity contribution in [3.8, 4) is 5.75 Å². The molecule has 2 bridgehead atoms. The third kappa shape index (κ3) is 4.24. The number of aliphatic carboxylic acids is 1. The first kappa shape index (κ1) is 17.8. The molecule has 0 saturated carbocycles. The van der Waals surface area contributed by atoms with Gasteiger partial charge in [-0.3, -0.25) is 0 Å². The number of carbonyl (C=O) groups is 1. The Labute approximate surface area is 137 Å². The highest BCUT2D eigenvalue weighted by molar-refractivity contribution is 5.71. The first-order chi connectivity index (χ1) is 10.7. The largest absolute Gasteiger partial charge is 0.508 e. The van der Waals surface area contributed by atoms with Crippen LogP contribution in [0.15, 0.2) is 18.2 Å². The molecule has 1 aromatic carbocycles. The van der Waals surface area contributed by atoms with E-state index in [0.717, 1.165) is 5.92 Å². The second-order valence-electron chi connectivity index (χ2n) is 7.20. The number of aromatic hydroxyl groups is 1. The molecule has 0 amide bonds. The highest BCUT2D eigenvalue weighted by Crippen LogP contribution is 2.45. The van der Waals surface area contributed by atoms with Gasteiger partial charge in [0, 0.05) is 6.54 Å². The lowest BCUT2D eigenvalue weighted by molar-refractivity contribution is -0.145. The summed E-state index contributed by atoms with van der Waals surface area (Å²) in [7, 11) is 2.23. The fourth-order valence-electron chi connectivity index (χ4n) is 3.77. The van der Waals surface area contributed by atoms with E-state index in [9.17, 15) is 9.90 Å². The third-order valence-corrected chi connectivity index (χ3v) is 4.96. The molecule has 2 aliphatic rings. The van der Waals surface area contributed by atoms with Gasteiger partial charge in [0.05, 0.1) is 0 Å². The van der Waals surface area contributed by atoms with Crippen LogP contribution in [0.5, 0.6) is 5.75 Å². The standard InChI is InChI=1S/C15H21NO.C3H6O3/c1-15-5-6-16(2)10-11(9-15)7-12-3-4-13(17)8-14(12)15;1-2(4)3(5)6/h3-4,8,11,17H,5-7,9-10H2,1-2H3;2,4H,1H3,(H,5,6)/t11?,15-;/m1./s1. The third-order valence-electron chi connectivity index (χ3n) is 4.96. The molecule has 23 heavy (non-hydrogen) atoms. The molecule has 5 nitrogen and oxygen atoms in total. The summed E-state index contributed by atoms with van der Waals surface area (Å²) in [5.41, 5.74) is 3.11. The predicted molar refractivity (Wildman–Crippen MR) is 88.7 cm³/mol. The van der Waals surface area contributed by atoms with Crippen LogP contribution >= 0.6 is 0 Å². The number of carboxylic acid groups (broad SMARTS) is 1. The van der Waals surface area contributed by atoms with Crippen LogP contribution in [0.2, 0.25) is 0 Å². The summed E-state index contributed by atoms with van der Waals surface area (Å²) in [4.78, 5) is 11.9. The van der Waals surface area contributed by atoms with Gasteiger partial charge in [-0.25, -0.2) is 4.79 Å². The molecular weight excluding hydrogens is 294 g/mol. The van der Waals surface area contributed by atoms with Gasteiger partial charge in [0.25, 0.3) is 0 Å². The monoisotopic (exact) mass is 321 g/mol. The quantitative estimate of drug-likeness (QED) is 0.737. The van der Waals surface area contributed by atoms with Gasteiger partial charge < -0.3 is 20.2 Å². The van der Waals surface area contributed by atoms with Gasteiger partial charge in [-0.05, 0) is 74.4 Å². The van der Waals surface area contributed by atoms with Crippen molar-refractivity contribution >= 4 is 5.97 Å². The van der Waals surface area contributed by atoms with Crippen molar-refractivity contribution in [3.05, 3.63) is 29.3 Å². The maximum absolute atomic E-state index is 9.71. The van der Waals surface area contributed by atoms with Crippen LogP contribution in [0, 0.1) is 5.92 Å². The summed E-state index contributed by atoms with van der Waals surface area (Å²) in [5.74, 6) is 0.0144. The van der Waals surface area contributed by atoms with Crippen molar-refractivity contribution in [1.82, 2.24) is 4.90 Å². The van der Waals surface area contributed by atoms with E-state index < -0.39 is 12.1 Å². The number of hydrogen-bond acceptors (Lipinski definition) is 4. The van der Waals surface area contributed by atoms with Gasteiger partial charge in [-0.2, -0.15) is 0 Å². The average Bonchev–Trinajstić information content (AvgIpc) is 2.58. The van der Waals surface area contributed by atoms with Crippen LogP contribution in [0.1, 0.15) is 37.8 Å². The maximum Gasteiger partial charge on any atom is 0.332 e. The number of aliphatic hydroxyl groups excluding tert-OH is 1. The molecule has 3 atom stereocenters. The number of likely N-dealkylation sites (tertiary alicyclic amines) is 1. The van der Waals surface area contributed by atoms with Gasteiger partial charge in [0.15, 0.2) is 0 Å². The second-order valence-corrected chi connectivity index (χ2v) is 7.20. The summed E-state index contributed by atoms with van der Waals surface area (Å²) < 4.78 is 0. The normalized spacial score (nSPS) is 27.9. The fraction of sp³-hybridized carbons (Fsp3) is 0.611. The number of nitrogens with zero attached hydrogens (tertiary/aromatic N) is 1. The lowest BCUT2D eigenvalue weighted by atomic mass is 9.66. The summed E-state index contributed by atoms with van der Waals surface area (Å²) in [6.45, 7) is 5.96. The number of phenolic OH excluding ortho intramolecular Hbond substituents is 1. The zero-order chi connectivity index (χ0) is 17.2. The molecule has 0 spiro atoms. The first-order valence-electron chi connectivity index (χ1n) is 8.13. The lowest BCUT2D eigenvalue weighted by Crippen LogP contribution is -2.32. The van der Waals surface area contributed by atoms with Crippen LogP contribution in [0.3, 0.4) is 0 Å². The van der Waals surface area contributed by atoms with Crippen molar-refractivity contribution in [2.45, 2.75) is 44.6 Å². The molecule has 1 aliphatic carbocycles. The van der Waals surface area contributed by atoms with E-state index in [-0.39, 0.29) is 5.41 Å². The smallest absolute Gasteiger partial charge is 0.332 e. The molecule has 2 unspecified atom stereocenters. The van der Waals surface area contributed by atoms with E-state index in [1.165, 1.54) is 50.4 Å². The van der Waals surface area contributed by atoms with E-state index in [0.29, 0.717) is 5.75 Å². The molecule has 5 heteroatoms. The van der Waals surface area contributed by atoms with Gasteiger partial charge in [-0.1, -0.05) is 13.0 Å². The van der Waals surface area contributed by atoms with Crippen molar-refractivity contribution in [3.63, 3.8) is 0 Å². The summed E-state index contributed by atoms with van der Waals surface area (Å²) in [5, 5.41) is 25.5. The number of aliphatic hydroxyl groups is 1. The molecular formula is C18H27NO4.